The lowest BCUT2D eigenvalue weighted by Crippen LogP contribution is -2.48. The molecule has 0 radical (unpaired) electrons. The van der Waals surface area contributed by atoms with E-state index in [1.54, 1.807) is 13.0 Å². The van der Waals surface area contributed by atoms with E-state index in [9.17, 15) is 24.9 Å². The number of hydrogen-bond donors (Lipinski definition) is 3. The number of rotatable bonds is 3. The molecule has 0 spiro atoms. The lowest BCUT2D eigenvalue weighted by molar-refractivity contribution is -0.216. The standard InChI is InChI=1S/C22H22O7/c1-3-11-7-12(29-17-9-16(24)20(25)10(2)28-17)8-14-18(11)22(27)19-13(21(14)26)5-4-6-15(19)23/h4-8,10,16-17,20,23-25H,3,9H2,1-2H3/t10-,16-,17+,20-/m1/s1. The van der Waals surface area contributed by atoms with Gasteiger partial charge in [-0.05, 0) is 37.1 Å². The highest BCUT2D eigenvalue weighted by Crippen LogP contribution is 2.37. The minimum atomic E-state index is -0.993. The highest BCUT2D eigenvalue weighted by atomic mass is 16.7. The summed E-state index contributed by atoms with van der Waals surface area (Å²) < 4.78 is 11.4. The van der Waals surface area contributed by atoms with Crippen molar-refractivity contribution >= 4 is 11.6 Å². The molecule has 29 heavy (non-hydrogen) atoms. The molecular weight excluding hydrogens is 376 g/mol. The Bertz CT molecular complexity index is 985. The number of benzene rings is 2. The average molecular weight is 398 g/mol. The summed E-state index contributed by atoms with van der Waals surface area (Å²) >= 11 is 0. The molecule has 7 heteroatoms. The van der Waals surface area contributed by atoms with E-state index in [2.05, 4.69) is 0 Å². The van der Waals surface area contributed by atoms with Gasteiger partial charge in [0.25, 0.3) is 0 Å². The van der Waals surface area contributed by atoms with Crippen molar-refractivity contribution in [2.75, 3.05) is 0 Å². The van der Waals surface area contributed by atoms with Crippen LogP contribution in [0.4, 0.5) is 0 Å². The number of fused-ring (bicyclic) bond motifs is 2. The molecule has 4 rings (SSSR count). The summed E-state index contributed by atoms with van der Waals surface area (Å²) in [6.45, 7) is 3.50. The van der Waals surface area contributed by atoms with E-state index in [0.717, 1.165) is 0 Å². The Morgan fingerprint density at radius 1 is 1.10 bits per heavy atom. The van der Waals surface area contributed by atoms with Gasteiger partial charge in [0.1, 0.15) is 17.6 Å². The van der Waals surface area contributed by atoms with E-state index in [0.29, 0.717) is 17.7 Å². The first-order chi connectivity index (χ1) is 13.8. The van der Waals surface area contributed by atoms with Gasteiger partial charge >= 0.3 is 0 Å². The molecule has 0 saturated carbocycles. The van der Waals surface area contributed by atoms with E-state index in [1.165, 1.54) is 24.3 Å². The quantitative estimate of drug-likeness (QED) is 0.618. The fourth-order valence-electron chi connectivity index (χ4n) is 3.96. The van der Waals surface area contributed by atoms with Crippen LogP contribution in [0.1, 0.15) is 57.7 Å². The van der Waals surface area contributed by atoms with Gasteiger partial charge in [-0.3, -0.25) is 9.59 Å². The smallest absolute Gasteiger partial charge is 0.202 e. The lowest BCUT2D eigenvalue weighted by Gasteiger charge is -2.35. The molecule has 2 aliphatic rings. The Hall–Kier alpha value is -2.74. The van der Waals surface area contributed by atoms with Crippen LogP contribution >= 0.6 is 0 Å². The molecule has 2 aromatic carbocycles. The molecule has 0 bridgehead atoms. The number of aliphatic hydroxyl groups is 2. The third kappa shape index (κ3) is 3.21. The normalized spacial score (nSPS) is 26.1. The van der Waals surface area contributed by atoms with Gasteiger partial charge in [0, 0.05) is 23.1 Å². The van der Waals surface area contributed by atoms with Crippen LogP contribution in [-0.2, 0) is 11.2 Å². The van der Waals surface area contributed by atoms with Gasteiger partial charge in [-0.25, -0.2) is 0 Å². The maximum absolute atomic E-state index is 13.0. The Kier molecular flexibility index (Phi) is 4.90. The van der Waals surface area contributed by atoms with Crippen molar-refractivity contribution in [3.63, 3.8) is 0 Å². The minimum Gasteiger partial charge on any atom is -0.507 e. The number of aryl methyl sites for hydroxylation is 1. The van der Waals surface area contributed by atoms with Gasteiger partial charge in [0.15, 0.2) is 11.6 Å². The number of ketones is 2. The summed E-state index contributed by atoms with van der Waals surface area (Å²) in [4.78, 5) is 26.1. The molecule has 2 aromatic rings. The van der Waals surface area contributed by atoms with Crippen molar-refractivity contribution in [1.82, 2.24) is 0 Å². The van der Waals surface area contributed by atoms with E-state index in [-0.39, 0.29) is 40.2 Å². The van der Waals surface area contributed by atoms with Gasteiger partial charge in [0.2, 0.25) is 6.29 Å². The number of phenolic OH excluding ortho intramolecular Hbond substituents is 1. The number of phenols is 1. The Morgan fingerprint density at radius 2 is 1.86 bits per heavy atom. The largest absolute Gasteiger partial charge is 0.507 e. The van der Waals surface area contributed by atoms with Crippen LogP contribution in [0.2, 0.25) is 0 Å². The summed E-state index contributed by atoms with van der Waals surface area (Å²) in [5, 5.41) is 29.9. The maximum atomic E-state index is 13.0. The molecule has 1 aliphatic heterocycles. The molecule has 7 nitrogen and oxygen atoms in total. The predicted octanol–water partition coefficient (Wildman–Crippen LogP) is 1.97. The van der Waals surface area contributed by atoms with E-state index >= 15 is 0 Å². The second-order valence-corrected chi connectivity index (χ2v) is 7.40. The summed E-state index contributed by atoms with van der Waals surface area (Å²) in [5.74, 6) is -0.631. The van der Waals surface area contributed by atoms with Crippen molar-refractivity contribution in [1.29, 1.82) is 0 Å². The van der Waals surface area contributed by atoms with Crippen molar-refractivity contribution in [2.24, 2.45) is 0 Å². The predicted molar refractivity (Wildman–Crippen MR) is 102 cm³/mol. The van der Waals surface area contributed by atoms with Crippen LogP contribution in [0.3, 0.4) is 0 Å². The minimum absolute atomic E-state index is 0.0231. The molecule has 1 fully saturated rings. The topological polar surface area (TPSA) is 113 Å². The van der Waals surface area contributed by atoms with Crippen molar-refractivity contribution in [2.45, 2.75) is 51.3 Å². The summed E-state index contributed by atoms with van der Waals surface area (Å²) in [5.41, 5.74) is 1.28. The average Bonchev–Trinajstić information content (AvgIpc) is 2.69. The summed E-state index contributed by atoms with van der Waals surface area (Å²) in [6.07, 6.45) is -2.82. The third-order valence-electron chi connectivity index (χ3n) is 5.50. The van der Waals surface area contributed by atoms with E-state index < -0.39 is 30.4 Å². The Morgan fingerprint density at radius 3 is 2.55 bits per heavy atom. The number of aromatic hydroxyl groups is 1. The molecular formula is C22H22O7. The Labute approximate surface area is 167 Å². The number of hydrogen-bond acceptors (Lipinski definition) is 7. The zero-order valence-corrected chi connectivity index (χ0v) is 16.1. The van der Waals surface area contributed by atoms with Gasteiger partial charge < -0.3 is 24.8 Å². The van der Waals surface area contributed by atoms with Gasteiger partial charge in [-0.1, -0.05) is 19.1 Å². The van der Waals surface area contributed by atoms with Gasteiger partial charge in [-0.15, -0.1) is 0 Å². The maximum Gasteiger partial charge on any atom is 0.202 e. The van der Waals surface area contributed by atoms with Crippen LogP contribution in [0, 0.1) is 0 Å². The molecule has 3 N–H and O–H groups in total. The number of carbonyl (C=O) groups excluding carboxylic acids is 2. The highest BCUT2D eigenvalue weighted by molar-refractivity contribution is 6.29. The Balaban J connectivity index is 1.73. The molecule has 4 atom stereocenters. The second-order valence-electron chi connectivity index (χ2n) is 7.40. The first kappa shape index (κ1) is 19.6. The van der Waals surface area contributed by atoms with Crippen LogP contribution in [0.5, 0.6) is 11.5 Å². The van der Waals surface area contributed by atoms with Crippen LogP contribution in [-0.4, -0.2) is 51.5 Å². The lowest BCUT2D eigenvalue weighted by atomic mass is 9.81. The fourth-order valence-corrected chi connectivity index (χ4v) is 3.96. The molecule has 0 amide bonds. The van der Waals surface area contributed by atoms with Crippen molar-refractivity contribution in [3.05, 3.63) is 58.1 Å². The third-order valence-corrected chi connectivity index (χ3v) is 5.50. The second kappa shape index (κ2) is 7.26. The zero-order chi connectivity index (χ0) is 20.9. The first-order valence-electron chi connectivity index (χ1n) is 9.58. The highest BCUT2D eigenvalue weighted by Gasteiger charge is 2.37. The molecule has 0 aromatic heterocycles. The monoisotopic (exact) mass is 398 g/mol. The van der Waals surface area contributed by atoms with Crippen LogP contribution in [0.15, 0.2) is 30.3 Å². The SMILES string of the molecule is CCc1cc(O[C@H]2C[C@@H](O)[C@H](O)[C@@H](C)O2)cc2c1C(=O)c1c(O)cccc1C2=O. The van der Waals surface area contributed by atoms with E-state index in [4.69, 9.17) is 9.47 Å². The zero-order valence-electron chi connectivity index (χ0n) is 16.1. The van der Waals surface area contributed by atoms with Crippen molar-refractivity contribution in [3.8, 4) is 11.5 Å². The van der Waals surface area contributed by atoms with Crippen LogP contribution < -0.4 is 4.74 Å². The molecule has 152 valence electrons. The first-order valence-corrected chi connectivity index (χ1v) is 9.58. The number of carbonyl (C=O) groups is 2. The van der Waals surface area contributed by atoms with Gasteiger partial charge in [0.05, 0.1) is 17.8 Å². The van der Waals surface area contributed by atoms with Crippen LogP contribution in [0.25, 0.3) is 0 Å². The fraction of sp³-hybridized carbons (Fsp3) is 0.364. The molecule has 0 unspecified atom stereocenters. The molecule has 1 heterocycles. The summed E-state index contributed by atoms with van der Waals surface area (Å²) in [6, 6.07) is 7.59. The van der Waals surface area contributed by atoms with Gasteiger partial charge in [-0.2, -0.15) is 0 Å². The number of aliphatic hydroxyl groups excluding tert-OH is 2. The molecule has 1 saturated heterocycles. The number of ether oxygens (including phenoxy) is 2. The summed E-state index contributed by atoms with van der Waals surface area (Å²) in [7, 11) is 0. The van der Waals surface area contributed by atoms with E-state index in [1.807, 2.05) is 6.92 Å². The van der Waals surface area contributed by atoms with Crippen molar-refractivity contribution < 1.29 is 34.4 Å². The molecule has 1 aliphatic carbocycles.